The molecule has 3 rings (SSSR count). The number of nitrogens with zero attached hydrogens (tertiary/aromatic N) is 1. The van der Waals surface area contributed by atoms with Crippen LogP contribution >= 0.6 is 0 Å². The molecular weight excluding hydrogens is 328 g/mol. The zero-order valence-corrected chi connectivity index (χ0v) is 15.4. The SMILES string of the molecule is Cc1ccc(NC(=O)c2noc(C)c2COc2cc(C)cc(C)c2)cc1. The van der Waals surface area contributed by atoms with Crippen LogP contribution < -0.4 is 10.1 Å². The Morgan fingerprint density at radius 2 is 1.65 bits per heavy atom. The standard InChI is InChI=1S/C21H22N2O3/c1-13-5-7-17(8-6-13)22-21(24)20-19(16(4)26-23-20)12-25-18-10-14(2)9-15(3)11-18/h5-11H,12H2,1-4H3,(H,22,24). The Morgan fingerprint density at radius 3 is 2.31 bits per heavy atom. The van der Waals surface area contributed by atoms with Gasteiger partial charge in [0, 0.05) is 5.69 Å². The number of carbonyl (C=O) groups excluding carboxylic acids is 1. The van der Waals surface area contributed by atoms with Gasteiger partial charge in [0.25, 0.3) is 5.91 Å². The molecule has 0 saturated heterocycles. The van der Waals surface area contributed by atoms with Crippen molar-refractivity contribution >= 4 is 11.6 Å². The van der Waals surface area contributed by atoms with Gasteiger partial charge >= 0.3 is 0 Å². The van der Waals surface area contributed by atoms with Crippen LogP contribution in [0.2, 0.25) is 0 Å². The highest BCUT2D eigenvalue weighted by Crippen LogP contribution is 2.21. The molecular formula is C21H22N2O3. The number of hydrogen-bond donors (Lipinski definition) is 1. The number of aromatic nitrogens is 1. The first-order chi connectivity index (χ1) is 12.4. The molecule has 134 valence electrons. The van der Waals surface area contributed by atoms with E-state index < -0.39 is 0 Å². The van der Waals surface area contributed by atoms with Crippen LogP contribution in [0, 0.1) is 27.7 Å². The van der Waals surface area contributed by atoms with E-state index in [2.05, 4.69) is 16.5 Å². The molecule has 1 aromatic heterocycles. The van der Waals surface area contributed by atoms with Gasteiger partial charge in [0.15, 0.2) is 5.69 Å². The first-order valence-electron chi connectivity index (χ1n) is 8.46. The third-order valence-corrected chi connectivity index (χ3v) is 4.09. The average Bonchev–Trinajstić information content (AvgIpc) is 2.95. The van der Waals surface area contributed by atoms with Crippen molar-refractivity contribution in [1.82, 2.24) is 5.16 Å². The summed E-state index contributed by atoms with van der Waals surface area (Å²) in [6.45, 7) is 8.02. The van der Waals surface area contributed by atoms with Crippen LogP contribution in [-0.4, -0.2) is 11.1 Å². The third-order valence-electron chi connectivity index (χ3n) is 4.09. The Labute approximate surface area is 153 Å². The van der Waals surface area contributed by atoms with E-state index in [1.165, 1.54) is 0 Å². The van der Waals surface area contributed by atoms with Crippen LogP contribution in [0.4, 0.5) is 5.69 Å². The zero-order valence-electron chi connectivity index (χ0n) is 15.4. The molecule has 0 aliphatic rings. The lowest BCUT2D eigenvalue weighted by molar-refractivity contribution is 0.101. The fraction of sp³-hybridized carbons (Fsp3) is 0.238. The van der Waals surface area contributed by atoms with Gasteiger partial charge in [0.05, 0.1) is 5.56 Å². The monoisotopic (exact) mass is 350 g/mol. The van der Waals surface area contributed by atoms with E-state index in [0.717, 1.165) is 22.4 Å². The lowest BCUT2D eigenvalue weighted by atomic mass is 10.1. The normalized spacial score (nSPS) is 10.6. The second-order valence-corrected chi connectivity index (χ2v) is 6.50. The molecule has 0 aliphatic carbocycles. The van der Waals surface area contributed by atoms with Gasteiger partial charge in [-0.3, -0.25) is 4.79 Å². The highest BCUT2D eigenvalue weighted by Gasteiger charge is 2.20. The molecule has 5 heteroatoms. The molecule has 0 fully saturated rings. The van der Waals surface area contributed by atoms with E-state index in [0.29, 0.717) is 17.0 Å². The lowest BCUT2D eigenvalue weighted by Gasteiger charge is -2.09. The summed E-state index contributed by atoms with van der Waals surface area (Å²) in [5.74, 6) is 1.01. The Balaban J connectivity index is 1.75. The van der Waals surface area contributed by atoms with Crippen LogP contribution in [0.3, 0.4) is 0 Å². The molecule has 0 atom stereocenters. The van der Waals surface area contributed by atoms with Gasteiger partial charge in [0.2, 0.25) is 0 Å². The number of rotatable bonds is 5. The first kappa shape index (κ1) is 17.7. The van der Waals surface area contributed by atoms with Crippen molar-refractivity contribution in [3.63, 3.8) is 0 Å². The smallest absolute Gasteiger partial charge is 0.278 e. The minimum Gasteiger partial charge on any atom is -0.489 e. The summed E-state index contributed by atoms with van der Waals surface area (Å²) < 4.78 is 11.1. The molecule has 0 aliphatic heterocycles. The molecule has 2 aromatic carbocycles. The van der Waals surface area contributed by atoms with Crippen LogP contribution in [0.5, 0.6) is 5.75 Å². The fourth-order valence-electron chi connectivity index (χ4n) is 2.74. The molecule has 0 radical (unpaired) electrons. The summed E-state index contributed by atoms with van der Waals surface area (Å²) in [6, 6.07) is 13.6. The number of amides is 1. The predicted octanol–water partition coefficient (Wildman–Crippen LogP) is 4.74. The van der Waals surface area contributed by atoms with E-state index in [9.17, 15) is 4.79 Å². The van der Waals surface area contributed by atoms with E-state index in [1.54, 1.807) is 6.92 Å². The number of nitrogens with one attached hydrogen (secondary N) is 1. The second kappa shape index (κ2) is 7.44. The molecule has 26 heavy (non-hydrogen) atoms. The van der Waals surface area contributed by atoms with Crippen molar-refractivity contribution in [2.24, 2.45) is 0 Å². The zero-order chi connectivity index (χ0) is 18.7. The molecule has 0 saturated carbocycles. The number of anilines is 1. The van der Waals surface area contributed by atoms with E-state index in [1.807, 2.05) is 57.2 Å². The summed E-state index contributed by atoms with van der Waals surface area (Å²) in [5.41, 5.74) is 4.98. The first-order valence-corrected chi connectivity index (χ1v) is 8.46. The maximum absolute atomic E-state index is 12.6. The van der Waals surface area contributed by atoms with Gasteiger partial charge in [-0.25, -0.2) is 0 Å². The summed E-state index contributed by atoms with van der Waals surface area (Å²) >= 11 is 0. The Kier molecular flexibility index (Phi) is 5.07. The van der Waals surface area contributed by atoms with Gasteiger partial charge < -0.3 is 14.6 Å². The number of hydrogen-bond acceptors (Lipinski definition) is 4. The van der Waals surface area contributed by atoms with Crippen molar-refractivity contribution in [1.29, 1.82) is 0 Å². The van der Waals surface area contributed by atoms with Crippen molar-refractivity contribution in [2.75, 3.05) is 5.32 Å². The molecule has 0 unspecified atom stereocenters. The summed E-state index contributed by atoms with van der Waals surface area (Å²) in [4.78, 5) is 12.6. The predicted molar refractivity (Wildman–Crippen MR) is 101 cm³/mol. The van der Waals surface area contributed by atoms with Crippen LogP contribution in [0.25, 0.3) is 0 Å². The highest BCUT2D eigenvalue weighted by molar-refractivity contribution is 6.03. The minimum atomic E-state index is -0.315. The van der Waals surface area contributed by atoms with Crippen molar-refractivity contribution in [2.45, 2.75) is 34.3 Å². The van der Waals surface area contributed by atoms with Crippen LogP contribution in [-0.2, 0) is 6.61 Å². The highest BCUT2D eigenvalue weighted by atomic mass is 16.5. The third kappa shape index (κ3) is 4.11. The minimum absolute atomic E-state index is 0.217. The molecule has 1 N–H and O–H groups in total. The topological polar surface area (TPSA) is 64.4 Å². The van der Waals surface area contributed by atoms with E-state index in [4.69, 9.17) is 9.26 Å². The number of benzene rings is 2. The van der Waals surface area contributed by atoms with E-state index >= 15 is 0 Å². The summed E-state index contributed by atoms with van der Waals surface area (Å²) in [7, 11) is 0. The van der Waals surface area contributed by atoms with Crippen molar-refractivity contribution in [3.8, 4) is 5.75 Å². The van der Waals surface area contributed by atoms with Gasteiger partial charge in [0.1, 0.15) is 18.1 Å². The van der Waals surface area contributed by atoms with Gasteiger partial charge in [-0.15, -0.1) is 0 Å². The molecule has 0 spiro atoms. The lowest BCUT2D eigenvalue weighted by Crippen LogP contribution is -2.15. The second-order valence-electron chi connectivity index (χ2n) is 6.50. The van der Waals surface area contributed by atoms with Crippen molar-refractivity contribution < 1.29 is 14.1 Å². The average molecular weight is 350 g/mol. The Bertz CT molecular complexity index is 907. The van der Waals surface area contributed by atoms with Gasteiger partial charge in [-0.1, -0.05) is 28.9 Å². The van der Waals surface area contributed by atoms with Crippen molar-refractivity contribution in [3.05, 3.63) is 76.2 Å². The van der Waals surface area contributed by atoms with Gasteiger partial charge in [-0.2, -0.15) is 0 Å². The molecule has 3 aromatic rings. The Hall–Kier alpha value is -3.08. The molecule has 1 heterocycles. The summed E-state index contributed by atoms with van der Waals surface area (Å²) in [6.07, 6.45) is 0. The maximum Gasteiger partial charge on any atom is 0.278 e. The molecule has 1 amide bonds. The largest absolute Gasteiger partial charge is 0.489 e. The van der Waals surface area contributed by atoms with Crippen LogP contribution in [0.15, 0.2) is 47.0 Å². The molecule has 0 bridgehead atoms. The number of carbonyl (C=O) groups is 1. The fourth-order valence-corrected chi connectivity index (χ4v) is 2.74. The van der Waals surface area contributed by atoms with Gasteiger partial charge in [-0.05, 0) is 63.1 Å². The van der Waals surface area contributed by atoms with Crippen LogP contribution in [0.1, 0.15) is 38.5 Å². The maximum atomic E-state index is 12.6. The summed E-state index contributed by atoms with van der Waals surface area (Å²) in [5, 5.41) is 6.75. The number of aryl methyl sites for hydroxylation is 4. The molecule has 5 nitrogen and oxygen atoms in total. The quantitative estimate of drug-likeness (QED) is 0.722. The Morgan fingerprint density at radius 1 is 1.00 bits per heavy atom. The van der Waals surface area contributed by atoms with E-state index in [-0.39, 0.29) is 18.2 Å². The number of ether oxygens (including phenoxy) is 1.